The fourth-order valence-corrected chi connectivity index (χ4v) is 3.42. The van der Waals surface area contributed by atoms with Gasteiger partial charge in [-0.1, -0.05) is 12.1 Å². The molecule has 0 saturated carbocycles. The molecule has 0 unspecified atom stereocenters. The van der Waals surface area contributed by atoms with Crippen molar-refractivity contribution < 1.29 is 0 Å². The van der Waals surface area contributed by atoms with Gasteiger partial charge in [0.15, 0.2) is 11.3 Å². The first kappa shape index (κ1) is 18.4. The second-order valence-corrected chi connectivity index (χ2v) is 6.92. The van der Waals surface area contributed by atoms with E-state index in [2.05, 4.69) is 31.2 Å². The molecule has 0 fully saturated rings. The van der Waals surface area contributed by atoms with E-state index in [0.717, 1.165) is 11.3 Å². The first-order chi connectivity index (χ1) is 15.1. The summed E-state index contributed by atoms with van der Waals surface area (Å²) < 4.78 is 1.72. The van der Waals surface area contributed by atoms with Crippen molar-refractivity contribution in [3.63, 3.8) is 0 Å². The van der Waals surface area contributed by atoms with Crippen LogP contribution in [-0.4, -0.2) is 39.7 Å². The van der Waals surface area contributed by atoms with E-state index >= 15 is 0 Å². The molecule has 5 aromatic rings. The lowest BCUT2D eigenvalue weighted by atomic mass is 10.00. The number of pyridine rings is 1. The molecule has 0 aliphatic carbocycles. The molecule has 0 spiro atoms. The highest BCUT2D eigenvalue weighted by Gasteiger charge is 2.21. The van der Waals surface area contributed by atoms with Crippen LogP contribution in [0.15, 0.2) is 55.1 Å². The number of benzene rings is 1. The van der Waals surface area contributed by atoms with Gasteiger partial charge in [0.1, 0.15) is 18.4 Å². The molecule has 0 aliphatic heterocycles. The minimum Gasteiger partial charge on any atom is -0.382 e. The van der Waals surface area contributed by atoms with Gasteiger partial charge in [-0.15, -0.1) is 5.10 Å². The monoisotopic (exact) mass is 408 g/mol. The largest absolute Gasteiger partial charge is 0.382 e. The summed E-state index contributed by atoms with van der Waals surface area (Å²) in [6.45, 7) is 0.386. The molecule has 0 saturated heterocycles. The quantitative estimate of drug-likeness (QED) is 0.478. The van der Waals surface area contributed by atoms with Gasteiger partial charge < -0.3 is 5.73 Å². The molecule has 2 N–H and O–H groups in total. The Morgan fingerprint density at radius 1 is 1.10 bits per heavy atom. The van der Waals surface area contributed by atoms with Crippen LogP contribution in [0.2, 0.25) is 0 Å². The van der Waals surface area contributed by atoms with Gasteiger partial charge in [-0.3, -0.25) is 4.68 Å². The highest BCUT2D eigenvalue weighted by atomic mass is 15.5. The van der Waals surface area contributed by atoms with Crippen LogP contribution in [0, 0.1) is 11.3 Å². The lowest BCUT2D eigenvalue weighted by Crippen LogP contribution is -2.05. The normalized spacial score (nSPS) is 11.0. The number of nitrogens with two attached hydrogens (primary N) is 1. The van der Waals surface area contributed by atoms with Gasteiger partial charge in [-0.2, -0.15) is 20.3 Å². The molecule has 0 radical (unpaired) electrons. The van der Waals surface area contributed by atoms with Gasteiger partial charge in [0, 0.05) is 25.0 Å². The third-order valence-corrected chi connectivity index (χ3v) is 4.78. The van der Waals surface area contributed by atoms with Gasteiger partial charge in [-0.05, 0) is 24.3 Å². The van der Waals surface area contributed by atoms with E-state index in [0.29, 0.717) is 40.1 Å². The fourth-order valence-electron chi connectivity index (χ4n) is 3.42. The maximum absolute atomic E-state index is 9.32. The van der Waals surface area contributed by atoms with Crippen LogP contribution in [-0.2, 0) is 13.6 Å². The first-order valence-electron chi connectivity index (χ1n) is 9.42. The van der Waals surface area contributed by atoms with Crippen molar-refractivity contribution in [2.75, 3.05) is 5.73 Å². The predicted molar refractivity (Wildman–Crippen MR) is 113 cm³/mol. The van der Waals surface area contributed by atoms with E-state index in [1.165, 1.54) is 6.33 Å². The SMILES string of the molecule is Cn1ccc(Cn2nc3c(N)nc(-c4cccc(C#N)c4)c(-c4ccncn4)c3n2)n1. The highest BCUT2D eigenvalue weighted by Crippen LogP contribution is 2.36. The van der Waals surface area contributed by atoms with Crippen LogP contribution < -0.4 is 5.73 Å². The number of aromatic nitrogens is 8. The zero-order valence-electron chi connectivity index (χ0n) is 16.5. The Kier molecular flexibility index (Phi) is 4.33. The number of fused-ring (bicyclic) bond motifs is 1. The van der Waals surface area contributed by atoms with E-state index in [1.807, 2.05) is 25.4 Å². The summed E-state index contributed by atoms with van der Waals surface area (Å²) in [7, 11) is 1.85. The number of aryl methyl sites for hydroxylation is 1. The van der Waals surface area contributed by atoms with Gasteiger partial charge in [0.2, 0.25) is 0 Å². The summed E-state index contributed by atoms with van der Waals surface area (Å²) in [6.07, 6.45) is 4.98. The molecule has 1 aromatic carbocycles. The molecule has 10 heteroatoms. The first-order valence-corrected chi connectivity index (χ1v) is 9.42. The van der Waals surface area contributed by atoms with Crippen LogP contribution in [0.4, 0.5) is 5.82 Å². The van der Waals surface area contributed by atoms with Crippen LogP contribution in [0.3, 0.4) is 0 Å². The molecule has 31 heavy (non-hydrogen) atoms. The third-order valence-electron chi connectivity index (χ3n) is 4.78. The zero-order chi connectivity index (χ0) is 21.4. The molecule has 0 bridgehead atoms. The number of rotatable bonds is 4. The van der Waals surface area contributed by atoms with Gasteiger partial charge in [0.05, 0.1) is 34.3 Å². The van der Waals surface area contributed by atoms with Crippen molar-refractivity contribution in [1.29, 1.82) is 5.26 Å². The zero-order valence-corrected chi connectivity index (χ0v) is 16.5. The van der Waals surface area contributed by atoms with Gasteiger partial charge >= 0.3 is 0 Å². The molecule has 150 valence electrons. The van der Waals surface area contributed by atoms with E-state index in [1.54, 1.807) is 39.9 Å². The maximum Gasteiger partial charge on any atom is 0.156 e. The number of nitrogen functional groups attached to an aromatic ring is 1. The van der Waals surface area contributed by atoms with E-state index in [9.17, 15) is 5.26 Å². The summed E-state index contributed by atoms with van der Waals surface area (Å²) in [6, 6.07) is 13.0. The number of anilines is 1. The maximum atomic E-state index is 9.32. The molecule has 0 amide bonds. The highest BCUT2D eigenvalue weighted by molar-refractivity contribution is 6.01. The standard InChI is InChI=1S/C21H16N10/c1-30-8-6-15(27-30)11-31-28-19-17(16-5-7-24-12-25-16)18(26-21(23)20(19)29-31)14-4-2-3-13(9-14)10-22/h2-9,12H,11H2,1H3,(H2,23,26). The summed E-state index contributed by atoms with van der Waals surface area (Å²) in [5, 5.41) is 22.9. The molecule has 5 rings (SSSR count). The van der Waals surface area contributed by atoms with Crippen molar-refractivity contribution in [2.24, 2.45) is 7.05 Å². The topological polar surface area (TPSA) is 137 Å². The third kappa shape index (κ3) is 3.34. The van der Waals surface area contributed by atoms with Crippen LogP contribution in [0.1, 0.15) is 11.3 Å². The van der Waals surface area contributed by atoms with Crippen LogP contribution >= 0.6 is 0 Å². The van der Waals surface area contributed by atoms with Crippen molar-refractivity contribution in [3.05, 3.63) is 66.4 Å². The van der Waals surface area contributed by atoms with E-state index in [-0.39, 0.29) is 5.82 Å². The lowest BCUT2D eigenvalue weighted by molar-refractivity contribution is 0.582. The number of nitrogens with zero attached hydrogens (tertiary/aromatic N) is 9. The molecule has 10 nitrogen and oxygen atoms in total. The van der Waals surface area contributed by atoms with E-state index < -0.39 is 0 Å². The Bertz CT molecular complexity index is 1440. The second kappa shape index (κ2) is 7.31. The summed E-state index contributed by atoms with van der Waals surface area (Å²) >= 11 is 0. The smallest absolute Gasteiger partial charge is 0.156 e. The Hall–Kier alpha value is -4.65. The van der Waals surface area contributed by atoms with Crippen LogP contribution in [0.5, 0.6) is 0 Å². The minimum absolute atomic E-state index is 0.248. The fraction of sp³-hybridized carbons (Fsp3) is 0.0952. The van der Waals surface area contributed by atoms with Crippen molar-refractivity contribution in [1.82, 2.24) is 39.7 Å². The Balaban J connectivity index is 1.76. The molecule has 4 heterocycles. The summed E-state index contributed by atoms with van der Waals surface area (Å²) in [5.74, 6) is 0.248. The lowest BCUT2D eigenvalue weighted by Gasteiger charge is -2.10. The molecular formula is C21H16N10. The Morgan fingerprint density at radius 3 is 2.71 bits per heavy atom. The minimum atomic E-state index is 0.248. The Labute approximate surface area is 176 Å². The van der Waals surface area contributed by atoms with Gasteiger partial charge in [0.25, 0.3) is 0 Å². The number of hydrogen-bond acceptors (Lipinski definition) is 8. The second-order valence-electron chi connectivity index (χ2n) is 6.92. The molecular weight excluding hydrogens is 392 g/mol. The number of nitriles is 1. The number of hydrogen-bond donors (Lipinski definition) is 1. The van der Waals surface area contributed by atoms with Gasteiger partial charge in [-0.25, -0.2) is 15.0 Å². The molecule has 0 atom stereocenters. The average Bonchev–Trinajstić information content (AvgIpc) is 3.40. The van der Waals surface area contributed by atoms with Crippen molar-refractivity contribution >= 4 is 16.9 Å². The Morgan fingerprint density at radius 2 is 1.97 bits per heavy atom. The summed E-state index contributed by atoms with van der Waals surface area (Å²) in [4.78, 5) is 14.6. The molecule has 4 aromatic heterocycles. The predicted octanol–water partition coefficient (Wildman–Crippen LogP) is 2.19. The van der Waals surface area contributed by atoms with Crippen LogP contribution in [0.25, 0.3) is 33.5 Å². The average molecular weight is 408 g/mol. The van der Waals surface area contributed by atoms with Crippen molar-refractivity contribution in [2.45, 2.75) is 6.54 Å². The molecule has 0 aliphatic rings. The summed E-state index contributed by atoms with van der Waals surface area (Å²) in [5.41, 5.74) is 11.3. The van der Waals surface area contributed by atoms with Crippen molar-refractivity contribution in [3.8, 4) is 28.6 Å². The van der Waals surface area contributed by atoms with E-state index in [4.69, 9.17) is 10.8 Å².